The summed E-state index contributed by atoms with van der Waals surface area (Å²) < 4.78 is 24.4. The highest BCUT2D eigenvalue weighted by atomic mass is 19.1. The smallest absolute Gasteiger partial charge is 0.408 e. The summed E-state index contributed by atoms with van der Waals surface area (Å²) in [5, 5.41) is 3.07. The number of nitrogens with zero attached hydrogens (tertiary/aromatic N) is 1. The molecule has 4 fully saturated rings. The minimum Gasteiger partial charge on any atom is -0.445 e. The van der Waals surface area contributed by atoms with E-state index < -0.39 is 5.54 Å². The molecule has 5 nitrogen and oxygen atoms in total. The fourth-order valence-corrected chi connectivity index (χ4v) is 4.65. The van der Waals surface area contributed by atoms with E-state index in [-0.39, 0.29) is 18.0 Å². The Kier molecular flexibility index (Phi) is 4.76. The summed E-state index contributed by atoms with van der Waals surface area (Å²) in [6, 6.07) is 14.4. The third-order valence-corrected chi connectivity index (χ3v) is 6.51. The van der Waals surface area contributed by atoms with E-state index in [0.717, 1.165) is 49.2 Å². The molecule has 2 aromatic carbocycles. The van der Waals surface area contributed by atoms with Crippen molar-refractivity contribution in [3.63, 3.8) is 0 Å². The van der Waals surface area contributed by atoms with Crippen molar-refractivity contribution in [1.82, 2.24) is 10.2 Å². The lowest BCUT2D eigenvalue weighted by Crippen LogP contribution is -2.60. The Hall–Kier alpha value is -2.44. The number of piperidine rings is 3. The lowest BCUT2D eigenvalue weighted by atomic mass is 9.86. The first-order valence-electron chi connectivity index (χ1n) is 10.3. The van der Waals surface area contributed by atoms with Crippen LogP contribution in [0.4, 0.5) is 9.18 Å². The molecule has 0 aliphatic carbocycles. The molecule has 1 atom stereocenters. The molecule has 1 unspecified atom stereocenters. The number of hydrogen-bond donors (Lipinski definition) is 1. The fraction of sp³-hybridized carbons (Fsp3) is 0.435. The first kappa shape index (κ1) is 18.6. The predicted octanol–water partition coefficient (Wildman–Crippen LogP) is 3.54. The Labute approximate surface area is 169 Å². The van der Waals surface area contributed by atoms with Gasteiger partial charge in [-0.05, 0) is 60.7 Å². The van der Waals surface area contributed by atoms with Crippen LogP contribution in [0.3, 0.4) is 0 Å². The lowest BCUT2D eigenvalue weighted by molar-refractivity contribution is -0.0845. The topological polar surface area (TPSA) is 50.8 Å². The van der Waals surface area contributed by atoms with Crippen molar-refractivity contribution < 1.29 is 18.7 Å². The van der Waals surface area contributed by atoms with Crippen molar-refractivity contribution in [3.05, 3.63) is 59.9 Å². The Morgan fingerprint density at radius 2 is 1.66 bits per heavy atom. The van der Waals surface area contributed by atoms with Gasteiger partial charge in [-0.2, -0.15) is 0 Å². The van der Waals surface area contributed by atoms with Gasteiger partial charge in [0.25, 0.3) is 0 Å². The number of fused-ring (bicyclic) bond motifs is 3. The van der Waals surface area contributed by atoms with Gasteiger partial charge >= 0.3 is 6.09 Å². The minimum atomic E-state index is -0.549. The van der Waals surface area contributed by atoms with Gasteiger partial charge in [-0.3, -0.25) is 4.90 Å². The molecule has 1 amide bonds. The van der Waals surface area contributed by atoms with Gasteiger partial charge in [0.1, 0.15) is 17.5 Å². The third-order valence-electron chi connectivity index (χ3n) is 6.51. The molecule has 6 heteroatoms. The van der Waals surface area contributed by atoms with Gasteiger partial charge in [0.15, 0.2) is 0 Å². The summed E-state index contributed by atoms with van der Waals surface area (Å²) >= 11 is 0. The first-order valence-corrected chi connectivity index (χ1v) is 10.3. The fourth-order valence-electron chi connectivity index (χ4n) is 4.65. The van der Waals surface area contributed by atoms with Gasteiger partial charge in [-0.15, -0.1) is 0 Å². The summed E-state index contributed by atoms with van der Waals surface area (Å²) in [6.07, 6.45) is 1.83. The average Bonchev–Trinajstić information content (AvgIpc) is 2.72. The van der Waals surface area contributed by atoms with Crippen LogP contribution in [0.25, 0.3) is 11.1 Å². The quantitative estimate of drug-likeness (QED) is 0.859. The first-order chi connectivity index (χ1) is 14.1. The molecule has 0 radical (unpaired) electrons. The molecular formula is C23H25FN2O3. The van der Waals surface area contributed by atoms with Gasteiger partial charge < -0.3 is 14.8 Å². The highest BCUT2D eigenvalue weighted by Gasteiger charge is 2.44. The standard InChI is InChI=1S/C23H25FN2O3/c24-20-7-3-17(4-8-20)16-1-5-19(6-2-16)23(14-28-15-23)25-22(27)29-21-13-26-11-9-18(21)10-12-26/h1-8,18,21H,9-15H2,(H,25,27). The van der Waals surface area contributed by atoms with Crippen molar-refractivity contribution in [1.29, 1.82) is 0 Å². The number of amides is 1. The molecule has 2 aromatic rings. The summed E-state index contributed by atoms with van der Waals surface area (Å²) in [7, 11) is 0. The normalized spacial score (nSPS) is 27.1. The summed E-state index contributed by atoms with van der Waals surface area (Å²) in [5.74, 6) is 0.232. The largest absolute Gasteiger partial charge is 0.445 e. The maximum Gasteiger partial charge on any atom is 0.408 e. The van der Waals surface area contributed by atoms with Crippen molar-refractivity contribution >= 4 is 6.09 Å². The molecule has 0 saturated carbocycles. The second-order valence-corrected chi connectivity index (χ2v) is 8.37. The molecule has 4 aliphatic heterocycles. The Balaban J connectivity index is 1.27. The molecule has 4 aliphatic rings. The Bertz CT molecular complexity index is 872. The van der Waals surface area contributed by atoms with Gasteiger partial charge in [0, 0.05) is 6.54 Å². The van der Waals surface area contributed by atoms with Gasteiger partial charge in [-0.25, -0.2) is 9.18 Å². The van der Waals surface area contributed by atoms with Crippen molar-refractivity contribution in [2.75, 3.05) is 32.8 Å². The number of halogens is 1. The number of hydrogen-bond acceptors (Lipinski definition) is 4. The number of carbonyl (C=O) groups is 1. The highest BCUT2D eigenvalue weighted by molar-refractivity contribution is 5.70. The number of rotatable bonds is 4. The summed E-state index contributed by atoms with van der Waals surface area (Å²) in [5.41, 5.74) is 2.39. The Morgan fingerprint density at radius 3 is 2.17 bits per heavy atom. The molecule has 1 N–H and O–H groups in total. The second-order valence-electron chi connectivity index (χ2n) is 8.37. The monoisotopic (exact) mass is 396 g/mol. The molecule has 4 saturated heterocycles. The van der Waals surface area contributed by atoms with E-state index in [4.69, 9.17) is 9.47 Å². The molecule has 4 heterocycles. The van der Waals surface area contributed by atoms with Crippen LogP contribution in [0.2, 0.25) is 0 Å². The summed E-state index contributed by atoms with van der Waals surface area (Å²) in [6.45, 7) is 3.93. The van der Waals surface area contributed by atoms with Crippen LogP contribution in [0, 0.1) is 11.7 Å². The number of benzene rings is 2. The van der Waals surface area contributed by atoms with Gasteiger partial charge in [-0.1, -0.05) is 36.4 Å². The highest BCUT2D eigenvalue weighted by Crippen LogP contribution is 2.33. The maximum atomic E-state index is 13.1. The zero-order valence-electron chi connectivity index (χ0n) is 16.3. The predicted molar refractivity (Wildman–Crippen MR) is 107 cm³/mol. The van der Waals surface area contributed by atoms with Gasteiger partial charge in [0.2, 0.25) is 0 Å². The average molecular weight is 396 g/mol. The molecule has 152 valence electrons. The molecule has 6 rings (SSSR count). The molecular weight excluding hydrogens is 371 g/mol. The van der Waals surface area contributed by atoms with Crippen LogP contribution in [0.5, 0.6) is 0 Å². The van der Waals surface area contributed by atoms with E-state index in [9.17, 15) is 9.18 Å². The number of ether oxygens (including phenoxy) is 2. The molecule has 0 aromatic heterocycles. The SMILES string of the molecule is O=C(NC1(c2ccc(-c3ccc(F)cc3)cc2)COC1)OC1CN2CCC1CC2. The van der Waals surface area contributed by atoms with Crippen LogP contribution in [0.15, 0.2) is 48.5 Å². The number of carbonyl (C=O) groups excluding carboxylic acids is 1. The third kappa shape index (κ3) is 3.63. The van der Waals surface area contributed by atoms with E-state index in [2.05, 4.69) is 10.2 Å². The second kappa shape index (κ2) is 7.43. The van der Waals surface area contributed by atoms with Crippen molar-refractivity contribution in [2.45, 2.75) is 24.5 Å². The van der Waals surface area contributed by atoms with E-state index in [1.165, 1.54) is 12.1 Å². The van der Waals surface area contributed by atoms with E-state index in [1.54, 1.807) is 12.1 Å². The Morgan fingerprint density at radius 1 is 1.03 bits per heavy atom. The van der Waals surface area contributed by atoms with Crippen LogP contribution in [-0.4, -0.2) is 49.9 Å². The molecule has 29 heavy (non-hydrogen) atoms. The molecule has 2 bridgehead atoms. The lowest BCUT2D eigenvalue weighted by Gasteiger charge is -2.45. The summed E-state index contributed by atoms with van der Waals surface area (Å²) in [4.78, 5) is 15.0. The zero-order chi connectivity index (χ0) is 19.8. The van der Waals surface area contributed by atoms with Crippen molar-refractivity contribution in [3.8, 4) is 11.1 Å². The van der Waals surface area contributed by atoms with Crippen molar-refractivity contribution in [2.24, 2.45) is 5.92 Å². The number of alkyl carbamates (subject to hydrolysis) is 1. The van der Waals surface area contributed by atoms with E-state index >= 15 is 0 Å². The van der Waals surface area contributed by atoms with Crippen LogP contribution in [-0.2, 0) is 15.0 Å². The van der Waals surface area contributed by atoms with Gasteiger partial charge in [0.05, 0.1) is 13.2 Å². The number of nitrogens with one attached hydrogen (secondary N) is 1. The van der Waals surface area contributed by atoms with Crippen LogP contribution in [0.1, 0.15) is 18.4 Å². The maximum absolute atomic E-state index is 13.1. The van der Waals surface area contributed by atoms with Crippen LogP contribution < -0.4 is 5.32 Å². The van der Waals surface area contributed by atoms with E-state index in [1.807, 2.05) is 24.3 Å². The minimum absolute atomic E-state index is 0.0172. The van der Waals surface area contributed by atoms with Crippen LogP contribution >= 0.6 is 0 Å². The molecule has 0 spiro atoms. The zero-order valence-corrected chi connectivity index (χ0v) is 16.3. The van der Waals surface area contributed by atoms with E-state index in [0.29, 0.717) is 19.1 Å².